The maximum atomic E-state index is 14.2. The number of nitrogens with zero attached hydrogens (tertiary/aromatic N) is 2. The van der Waals surface area contributed by atoms with Gasteiger partial charge in [0.2, 0.25) is 5.91 Å². The number of rotatable bonds is 7. The highest BCUT2D eigenvalue weighted by molar-refractivity contribution is 6.31. The molecule has 0 saturated carbocycles. The van der Waals surface area contributed by atoms with Crippen LogP contribution in [0.3, 0.4) is 0 Å². The molecule has 2 aromatic carbocycles. The minimum Gasteiger partial charge on any atom is -0.493 e. The van der Waals surface area contributed by atoms with Crippen LogP contribution >= 0.6 is 11.6 Å². The van der Waals surface area contributed by atoms with E-state index >= 15 is 0 Å². The first kappa shape index (κ1) is 27.2. The van der Waals surface area contributed by atoms with Crippen LogP contribution < -0.4 is 4.74 Å². The minimum absolute atomic E-state index is 0.0783. The van der Waals surface area contributed by atoms with E-state index in [0.29, 0.717) is 87.4 Å². The summed E-state index contributed by atoms with van der Waals surface area (Å²) in [7, 11) is 0. The average Bonchev–Trinajstić information content (AvgIpc) is 3.45. The Morgan fingerprint density at radius 2 is 1.74 bits per heavy atom. The molecule has 39 heavy (non-hydrogen) atoms. The average molecular weight is 555 g/mol. The van der Waals surface area contributed by atoms with Gasteiger partial charge in [-0.2, -0.15) is 0 Å². The number of furan rings is 1. The summed E-state index contributed by atoms with van der Waals surface area (Å²) in [5.41, 5.74) is 0.799. The number of benzene rings is 2. The standard InChI is InChI=1S/C30H32ClFN2O5/c1-21-18-22(6-7-24(21)31)38-20-30(19-28(35)33-14-16-37-17-15-33)10-12-34(13-11-30)29(36)27-9-8-26(39-27)23-4-2-3-5-25(23)32/h2-9,18H,10-17,19-20H2,1H3. The number of hydrogen-bond acceptors (Lipinski definition) is 5. The van der Waals surface area contributed by atoms with Crippen molar-refractivity contribution in [2.24, 2.45) is 5.41 Å². The number of hydrogen-bond donors (Lipinski definition) is 0. The summed E-state index contributed by atoms with van der Waals surface area (Å²) in [6.07, 6.45) is 1.53. The highest BCUT2D eigenvalue weighted by Gasteiger charge is 2.40. The number of carbonyl (C=O) groups is 2. The molecule has 3 aromatic rings. The fourth-order valence-electron chi connectivity index (χ4n) is 5.16. The van der Waals surface area contributed by atoms with E-state index in [0.717, 1.165) is 5.56 Å². The summed E-state index contributed by atoms with van der Waals surface area (Å²) in [6.45, 7) is 5.42. The van der Waals surface area contributed by atoms with Gasteiger partial charge in [0.05, 0.1) is 25.4 Å². The zero-order chi connectivity index (χ0) is 27.4. The smallest absolute Gasteiger partial charge is 0.289 e. The number of amides is 2. The highest BCUT2D eigenvalue weighted by Crippen LogP contribution is 2.38. The van der Waals surface area contributed by atoms with Crippen molar-refractivity contribution >= 4 is 23.4 Å². The summed E-state index contributed by atoms with van der Waals surface area (Å²) < 4.78 is 31.6. The van der Waals surface area contributed by atoms with E-state index in [2.05, 4.69) is 0 Å². The van der Waals surface area contributed by atoms with Crippen molar-refractivity contribution in [3.8, 4) is 17.1 Å². The summed E-state index contributed by atoms with van der Waals surface area (Å²) in [4.78, 5) is 30.1. The van der Waals surface area contributed by atoms with E-state index in [9.17, 15) is 14.0 Å². The molecular formula is C30H32ClFN2O5. The second-order valence-corrected chi connectivity index (χ2v) is 10.7. The van der Waals surface area contributed by atoms with E-state index < -0.39 is 11.2 Å². The fraction of sp³-hybridized carbons (Fsp3) is 0.400. The Labute approximate surface area is 232 Å². The maximum absolute atomic E-state index is 14.2. The molecule has 5 rings (SSSR count). The van der Waals surface area contributed by atoms with Gasteiger partial charge < -0.3 is 23.7 Å². The van der Waals surface area contributed by atoms with Gasteiger partial charge >= 0.3 is 0 Å². The molecule has 2 aliphatic heterocycles. The van der Waals surface area contributed by atoms with Gasteiger partial charge in [0.15, 0.2) is 5.76 Å². The van der Waals surface area contributed by atoms with Gasteiger partial charge in [-0.3, -0.25) is 9.59 Å². The van der Waals surface area contributed by atoms with Crippen LogP contribution in [0.25, 0.3) is 11.3 Å². The van der Waals surface area contributed by atoms with Crippen LogP contribution in [-0.4, -0.2) is 67.6 Å². The molecule has 0 radical (unpaired) electrons. The van der Waals surface area contributed by atoms with Gasteiger partial charge in [0.25, 0.3) is 5.91 Å². The van der Waals surface area contributed by atoms with Gasteiger partial charge in [0.1, 0.15) is 17.3 Å². The van der Waals surface area contributed by atoms with Gasteiger partial charge in [-0.15, -0.1) is 0 Å². The molecule has 0 N–H and O–H groups in total. The SMILES string of the molecule is Cc1cc(OCC2(CC(=O)N3CCOCC3)CCN(C(=O)c3ccc(-c4ccccc4F)o3)CC2)ccc1Cl. The van der Waals surface area contributed by atoms with Crippen LogP contribution in [0.15, 0.2) is 59.0 Å². The van der Waals surface area contributed by atoms with Crippen LogP contribution in [0.4, 0.5) is 4.39 Å². The van der Waals surface area contributed by atoms with Crippen molar-refractivity contribution < 1.29 is 27.9 Å². The van der Waals surface area contributed by atoms with Crippen LogP contribution in [0.2, 0.25) is 5.02 Å². The Morgan fingerprint density at radius 3 is 2.46 bits per heavy atom. The Balaban J connectivity index is 1.28. The largest absolute Gasteiger partial charge is 0.493 e. The second-order valence-electron chi connectivity index (χ2n) is 10.3. The summed E-state index contributed by atoms with van der Waals surface area (Å²) in [5.74, 6) is 0.595. The van der Waals surface area contributed by atoms with Crippen molar-refractivity contribution in [1.29, 1.82) is 0 Å². The molecule has 0 aliphatic carbocycles. The number of aryl methyl sites for hydroxylation is 1. The normalized spacial score (nSPS) is 17.2. The lowest BCUT2D eigenvalue weighted by molar-refractivity contribution is -0.139. The zero-order valence-electron chi connectivity index (χ0n) is 22.0. The van der Waals surface area contributed by atoms with Crippen molar-refractivity contribution in [3.05, 3.63) is 76.8 Å². The number of morpholine rings is 1. The van der Waals surface area contributed by atoms with E-state index in [1.807, 2.05) is 24.0 Å². The Hall–Kier alpha value is -3.36. The molecular weight excluding hydrogens is 523 g/mol. The Kier molecular flexibility index (Phi) is 8.23. The van der Waals surface area contributed by atoms with Crippen molar-refractivity contribution in [2.75, 3.05) is 46.0 Å². The predicted molar refractivity (Wildman–Crippen MR) is 145 cm³/mol. The third-order valence-corrected chi connectivity index (χ3v) is 8.06. The van der Waals surface area contributed by atoms with Crippen molar-refractivity contribution in [2.45, 2.75) is 26.2 Å². The molecule has 2 amide bonds. The Morgan fingerprint density at radius 1 is 1.00 bits per heavy atom. The molecule has 206 valence electrons. The fourth-order valence-corrected chi connectivity index (χ4v) is 5.28. The number of halogens is 2. The third-order valence-electron chi connectivity index (χ3n) is 7.63. The van der Waals surface area contributed by atoms with Gasteiger partial charge in [-0.25, -0.2) is 4.39 Å². The molecule has 0 bridgehead atoms. The molecule has 7 nitrogen and oxygen atoms in total. The summed E-state index contributed by atoms with van der Waals surface area (Å²) in [6, 6.07) is 15.0. The lowest BCUT2D eigenvalue weighted by Gasteiger charge is -2.42. The maximum Gasteiger partial charge on any atom is 0.289 e. The quantitative estimate of drug-likeness (QED) is 0.380. The molecule has 2 aliphatic rings. The molecule has 3 heterocycles. The van der Waals surface area contributed by atoms with Crippen LogP contribution in [-0.2, 0) is 9.53 Å². The zero-order valence-corrected chi connectivity index (χ0v) is 22.7. The lowest BCUT2D eigenvalue weighted by atomic mass is 9.75. The molecule has 9 heteroatoms. The second kappa shape index (κ2) is 11.8. The molecule has 0 atom stereocenters. The molecule has 2 saturated heterocycles. The molecule has 2 fully saturated rings. The molecule has 0 unspecified atom stereocenters. The summed E-state index contributed by atoms with van der Waals surface area (Å²) >= 11 is 6.17. The first-order valence-corrected chi connectivity index (χ1v) is 13.6. The van der Waals surface area contributed by atoms with E-state index in [4.69, 9.17) is 25.5 Å². The number of piperidine rings is 1. The van der Waals surface area contributed by atoms with Crippen molar-refractivity contribution in [1.82, 2.24) is 9.80 Å². The number of ether oxygens (including phenoxy) is 2. The predicted octanol–water partition coefficient (Wildman–Crippen LogP) is 5.60. The van der Waals surface area contributed by atoms with Crippen LogP contribution in [0.5, 0.6) is 5.75 Å². The molecule has 0 spiro atoms. The third kappa shape index (κ3) is 6.28. The minimum atomic E-state index is -0.429. The van der Waals surface area contributed by atoms with Crippen molar-refractivity contribution in [3.63, 3.8) is 0 Å². The Bertz CT molecular complexity index is 1330. The number of likely N-dealkylation sites (tertiary alicyclic amines) is 1. The molecule has 1 aromatic heterocycles. The summed E-state index contributed by atoms with van der Waals surface area (Å²) in [5, 5.41) is 0.669. The highest BCUT2D eigenvalue weighted by atomic mass is 35.5. The van der Waals surface area contributed by atoms with E-state index in [1.54, 1.807) is 41.3 Å². The van der Waals surface area contributed by atoms with E-state index in [1.165, 1.54) is 6.07 Å². The lowest BCUT2D eigenvalue weighted by Crippen LogP contribution is -2.49. The monoisotopic (exact) mass is 554 g/mol. The first-order valence-electron chi connectivity index (χ1n) is 13.2. The topological polar surface area (TPSA) is 72.2 Å². The van der Waals surface area contributed by atoms with E-state index in [-0.39, 0.29) is 17.6 Å². The van der Waals surface area contributed by atoms with Gasteiger partial charge in [-0.05, 0) is 67.8 Å². The van der Waals surface area contributed by atoms with Gasteiger partial charge in [-0.1, -0.05) is 23.7 Å². The van der Waals surface area contributed by atoms with Gasteiger partial charge in [0, 0.05) is 43.0 Å². The van der Waals surface area contributed by atoms with Crippen LogP contribution in [0.1, 0.15) is 35.4 Å². The number of carbonyl (C=O) groups excluding carboxylic acids is 2. The first-order chi connectivity index (χ1) is 18.8. The van der Waals surface area contributed by atoms with Crippen LogP contribution in [0, 0.1) is 18.2 Å².